The average Bonchev–Trinajstić information content (AvgIpc) is 2.53. The van der Waals surface area contributed by atoms with Gasteiger partial charge in [-0.2, -0.15) is 0 Å². The summed E-state index contributed by atoms with van der Waals surface area (Å²) in [5.41, 5.74) is 3.06. The molecule has 0 saturated carbocycles. The lowest BCUT2D eigenvalue weighted by Gasteiger charge is -2.08. The molecule has 2 rings (SSSR count). The highest BCUT2D eigenvalue weighted by atomic mass is 35.5. The first-order chi connectivity index (χ1) is 10.6. The van der Waals surface area contributed by atoms with Crippen LogP contribution in [-0.2, 0) is 9.59 Å². The number of benzene rings is 2. The van der Waals surface area contributed by atoms with Crippen molar-refractivity contribution in [3.8, 4) is 0 Å². The molecule has 6 heteroatoms. The van der Waals surface area contributed by atoms with Crippen molar-refractivity contribution < 1.29 is 9.59 Å². The maximum atomic E-state index is 12.3. The molecule has 2 amide bonds. The number of nitrogens with two attached hydrogens (primary N) is 1. The number of hydrogen-bond acceptors (Lipinski definition) is 3. The minimum atomic E-state index is -0.677. The molecule has 0 bridgehead atoms. The fourth-order valence-electron chi connectivity index (χ4n) is 1.79. The summed E-state index contributed by atoms with van der Waals surface area (Å²) in [7, 11) is 0. The van der Waals surface area contributed by atoms with Gasteiger partial charge in [0.1, 0.15) is 5.57 Å². The van der Waals surface area contributed by atoms with Crippen LogP contribution in [0.4, 0.5) is 5.69 Å². The van der Waals surface area contributed by atoms with Crippen LogP contribution < -0.4 is 16.6 Å². The van der Waals surface area contributed by atoms with Crippen LogP contribution >= 0.6 is 11.6 Å². The molecule has 0 fully saturated rings. The molecule has 0 radical (unpaired) electrons. The molecule has 0 aliphatic heterocycles. The Morgan fingerprint density at radius 1 is 1.00 bits per heavy atom. The van der Waals surface area contributed by atoms with Crippen LogP contribution in [0.1, 0.15) is 5.56 Å². The third-order valence-electron chi connectivity index (χ3n) is 2.81. The smallest absolute Gasteiger partial charge is 0.270 e. The first-order valence-electron chi connectivity index (χ1n) is 6.45. The van der Waals surface area contributed by atoms with E-state index in [1.54, 1.807) is 48.5 Å². The van der Waals surface area contributed by atoms with Crippen molar-refractivity contribution in [2.45, 2.75) is 0 Å². The van der Waals surface area contributed by atoms with Crippen LogP contribution in [-0.4, -0.2) is 11.8 Å². The van der Waals surface area contributed by atoms with Crippen LogP contribution in [0.15, 0.2) is 60.2 Å². The van der Waals surface area contributed by atoms with Gasteiger partial charge in [0.05, 0.1) is 0 Å². The molecule has 2 aromatic rings. The van der Waals surface area contributed by atoms with E-state index in [4.69, 9.17) is 17.4 Å². The lowest BCUT2D eigenvalue weighted by atomic mass is 10.1. The SMILES string of the molecule is NNC(=O)/C(=C\c1ccccc1)C(=O)Nc1cccc(Cl)c1. The molecule has 112 valence electrons. The highest BCUT2D eigenvalue weighted by Gasteiger charge is 2.17. The average molecular weight is 316 g/mol. The summed E-state index contributed by atoms with van der Waals surface area (Å²) in [5, 5.41) is 3.09. The molecule has 2 aromatic carbocycles. The van der Waals surface area contributed by atoms with Gasteiger partial charge < -0.3 is 5.32 Å². The number of nitrogens with one attached hydrogen (secondary N) is 2. The zero-order valence-electron chi connectivity index (χ0n) is 11.5. The van der Waals surface area contributed by atoms with Crippen LogP contribution in [0, 0.1) is 0 Å². The van der Waals surface area contributed by atoms with Crippen LogP contribution in [0.2, 0.25) is 5.02 Å². The third kappa shape index (κ3) is 4.18. The molecule has 0 unspecified atom stereocenters. The zero-order valence-corrected chi connectivity index (χ0v) is 12.3. The second-order valence-corrected chi connectivity index (χ2v) is 4.84. The second-order valence-electron chi connectivity index (χ2n) is 4.41. The predicted octanol–water partition coefficient (Wildman–Crippen LogP) is 2.35. The van der Waals surface area contributed by atoms with E-state index >= 15 is 0 Å². The molecule has 0 saturated heterocycles. The number of halogens is 1. The fourth-order valence-corrected chi connectivity index (χ4v) is 1.98. The molecule has 22 heavy (non-hydrogen) atoms. The van der Waals surface area contributed by atoms with Gasteiger partial charge in [0.2, 0.25) is 0 Å². The Labute approximate surface area is 132 Å². The Bertz CT molecular complexity index is 714. The van der Waals surface area contributed by atoms with E-state index in [1.807, 2.05) is 11.5 Å². The van der Waals surface area contributed by atoms with Gasteiger partial charge in [0.15, 0.2) is 0 Å². The lowest BCUT2D eigenvalue weighted by molar-refractivity contribution is -0.121. The largest absolute Gasteiger partial charge is 0.322 e. The summed E-state index contributed by atoms with van der Waals surface area (Å²) < 4.78 is 0. The van der Waals surface area contributed by atoms with Crippen molar-refractivity contribution >= 4 is 35.2 Å². The Balaban J connectivity index is 2.28. The number of carbonyl (C=O) groups excluding carboxylic acids is 2. The van der Waals surface area contributed by atoms with Gasteiger partial charge in [0, 0.05) is 10.7 Å². The van der Waals surface area contributed by atoms with Gasteiger partial charge >= 0.3 is 0 Å². The Hall–Kier alpha value is -2.63. The highest BCUT2D eigenvalue weighted by molar-refractivity contribution is 6.31. The van der Waals surface area contributed by atoms with Gasteiger partial charge in [0.25, 0.3) is 11.8 Å². The molecule has 0 aliphatic rings. The predicted molar refractivity (Wildman–Crippen MR) is 86.8 cm³/mol. The van der Waals surface area contributed by atoms with Gasteiger partial charge in [-0.05, 0) is 29.8 Å². The molecule has 0 heterocycles. The van der Waals surface area contributed by atoms with Crippen molar-refractivity contribution in [3.63, 3.8) is 0 Å². The number of anilines is 1. The van der Waals surface area contributed by atoms with Gasteiger partial charge in [-0.25, -0.2) is 5.84 Å². The summed E-state index contributed by atoms with van der Waals surface area (Å²) in [6.45, 7) is 0. The van der Waals surface area contributed by atoms with Crippen molar-refractivity contribution in [2.75, 3.05) is 5.32 Å². The number of carbonyl (C=O) groups is 2. The molecule has 0 aromatic heterocycles. The molecule has 4 N–H and O–H groups in total. The summed E-state index contributed by atoms with van der Waals surface area (Å²) >= 11 is 5.86. The Kier molecular flexibility index (Phi) is 5.30. The first kappa shape index (κ1) is 15.8. The lowest BCUT2D eigenvalue weighted by Crippen LogP contribution is -2.35. The van der Waals surface area contributed by atoms with E-state index in [0.29, 0.717) is 16.3 Å². The monoisotopic (exact) mass is 315 g/mol. The first-order valence-corrected chi connectivity index (χ1v) is 6.82. The molecule has 0 atom stereocenters. The van der Waals surface area contributed by atoms with Crippen molar-refractivity contribution in [3.05, 3.63) is 70.8 Å². The number of amides is 2. The van der Waals surface area contributed by atoms with Crippen molar-refractivity contribution in [1.29, 1.82) is 0 Å². The fraction of sp³-hybridized carbons (Fsp3) is 0. The van der Waals surface area contributed by atoms with Crippen LogP contribution in [0.3, 0.4) is 0 Å². The molecule has 0 aliphatic carbocycles. The normalized spacial score (nSPS) is 10.9. The van der Waals surface area contributed by atoms with Crippen LogP contribution in [0.5, 0.6) is 0 Å². The summed E-state index contributed by atoms with van der Waals surface area (Å²) in [5.74, 6) is 3.89. The summed E-state index contributed by atoms with van der Waals surface area (Å²) in [6, 6.07) is 15.6. The summed E-state index contributed by atoms with van der Waals surface area (Å²) in [6.07, 6.45) is 1.46. The van der Waals surface area contributed by atoms with E-state index in [9.17, 15) is 9.59 Å². The molecular weight excluding hydrogens is 302 g/mol. The molecule has 5 nitrogen and oxygen atoms in total. The van der Waals surface area contributed by atoms with E-state index in [-0.39, 0.29) is 5.57 Å². The molecule has 0 spiro atoms. The van der Waals surface area contributed by atoms with E-state index < -0.39 is 11.8 Å². The minimum absolute atomic E-state index is 0.103. The second kappa shape index (κ2) is 7.40. The summed E-state index contributed by atoms with van der Waals surface area (Å²) in [4.78, 5) is 24.1. The van der Waals surface area contributed by atoms with Gasteiger partial charge in [-0.15, -0.1) is 0 Å². The van der Waals surface area contributed by atoms with Crippen LogP contribution in [0.25, 0.3) is 6.08 Å². The standard InChI is InChI=1S/C16H14ClN3O2/c17-12-7-4-8-13(10-12)19-15(21)14(16(22)20-18)9-11-5-2-1-3-6-11/h1-10H,18H2,(H,19,21)(H,20,22)/b14-9-. The topological polar surface area (TPSA) is 84.2 Å². The number of rotatable bonds is 4. The van der Waals surface area contributed by atoms with E-state index in [2.05, 4.69) is 5.32 Å². The maximum absolute atomic E-state index is 12.3. The van der Waals surface area contributed by atoms with Crippen molar-refractivity contribution in [2.24, 2.45) is 5.84 Å². The third-order valence-corrected chi connectivity index (χ3v) is 3.05. The minimum Gasteiger partial charge on any atom is -0.322 e. The van der Waals surface area contributed by atoms with Gasteiger partial charge in [-0.1, -0.05) is 48.0 Å². The Morgan fingerprint density at radius 2 is 1.73 bits per heavy atom. The number of hydrazine groups is 1. The van der Waals surface area contributed by atoms with E-state index in [1.165, 1.54) is 6.08 Å². The maximum Gasteiger partial charge on any atom is 0.270 e. The van der Waals surface area contributed by atoms with Crippen molar-refractivity contribution in [1.82, 2.24) is 5.43 Å². The highest BCUT2D eigenvalue weighted by Crippen LogP contribution is 2.16. The van der Waals surface area contributed by atoms with E-state index in [0.717, 1.165) is 0 Å². The van der Waals surface area contributed by atoms with Gasteiger partial charge in [-0.3, -0.25) is 15.0 Å². The number of hydrogen-bond donors (Lipinski definition) is 3. The zero-order chi connectivity index (χ0) is 15.9. The quantitative estimate of drug-likeness (QED) is 0.202. The molecular formula is C16H14ClN3O2. The Morgan fingerprint density at radius 3 is 2.36 bits per heavy atom.